The molecule has 1 aromatic carbocycles. The number of unbranched alkanes of at least 4 members (excludes halogenated alkanes) is 6. The van der Waals surface area contributed by atoms with E-state index in [-0.39, 0.29) is 12.7 Å². The van der Waals surface area contributed by atoms with Crippen LogP contribution in [0, 0.1) is 0 Å². The molecule has 1 aromatic rings. The molecule has 1 atom stereocenters. The Labute approximate surface area is 154 Å². The SMILES string of the molecule is CCCCCCCC/C=C/C(Cc1ccc(OC)cc1)OCCCO. The highest BCUT2D eigenvalue weighted by molar-refractivity contribution is 5.27. The molecule has 1 unspecified atom stereocenters. The number of benzene rings is 1. The summed E-state index contributed by atoms with van der Waals surface area (Å²) >= 11 is 0. The van der Waals surface area contributed by atoms with E-state index in [9.17, 15) is 0 Å². The fourth-order valence-electron chi connectivity index (χ4n) is 2.77. The molecule has 0 heterocycles. The summed E-state index contributed by atoms with van der Waals surface area (Å²) in [6.07, 6.45) is 15.1. The highest BCUT2D eigenvalue weighted by Crippen LogP contribution is 2.15. The molecule has 0 bridgehead atoms. The quantitative estimate of drug-likeness (QED) is 0.345. The van der Waals surface area contributed by atoms with E-state index in [0.717, 1.165) is 18.6 Å². The number of allylic oxidation sites excluding steroid dienone is 1. The Morgan fingerprint density at radius 1 is 1.00 bits per heavy atom. The van der Waals surface area contributed by atoms with Crippen LogP contribution < -0.4 is 4.74 Å². The van der Waals surface area contributed by atoms with E-state index in [4.69, 9.17) is 14.6 Å². The lowest BCUT2D eigenvalue weighted by atomic mass is 10.1. The molecule has 1 rings (SSSR count). The minimum Gasteiger partial charge on any atom is -0.497 e. The summed E-state index contributed by atoms with van der Waals surface area (Å²) in [5, 5.41) is 8.95. The minimum atomic E-state index is 0.0695. The van der Waals surface area contributed by atoms with Crippen LogP contribution in [0.4, 0.5) is 0 Å². The van der Waals surface area contributed by atoms with Gasteiger partial charge in [-0.25, -0.2) is 0 Å². The average Bonchev–Trinajstić information content (AvgIpc) is 2.64. The van der Waals surface area contributed by atoms with E-state index < -0.39 is 0 Å². The molecule has 0 aliphatic rings. The van der Waals surface area contributed by atoms with Crippen molar-refractivity contribution in [3.63, 3.8) is 0 Å². The van der Waals surface area contributed by atoms with Crippen LogP contribution in [0.2, 0.25) is 0 Å². The van der Waals surface area contributed by atoms with Crippen molar-refractivity contribution in [1.29, 1.82) is 0 Å². The van der Waals surface area contributed by atoms with Crippen LogP contribution in [0.3, 0.4) is 0 Å². The number of hydrogen-bond donors (Lipinski definition) is 1. The molecule has 0 aliphatic heterocycles. The maximum absolute atomic E-state index is 8.95. The van der Waals surface area contributed by atoms with Crippen LogP contribution in [0.1, 0.15) is 63.9 Å². The van der Waals surface area contributed by atoms with Crippen molar-refractivity contribution in [3.05, 3.63) is 42.0 Å². The van der Waals surface area contributed by atoms with Crippen LogP contribution >= 0.6 is 0 Å². The molecule has 142 valence electrons. The molecule has 0 amide bonds. The molecule has 0 fully saturated rings. The third-order valence-electron chi connectivity index (χ3n) is 4.31. The standard InChI is InChI=1S/C22H36O3/c1-3-4-5-6-7-8-9-10-12-22(25-18-11-17-23)19-20-13-15-21(24-2)16-14-20/h10,12-16,22-23H,3-9,11,17-19H2,1-2H3/b12-10+. The molecule has 3 nitrogen and oxygen atoms in total. The Kier molecular flexibility index (Phi) is 13.0. The van der Waals surface area contributed by atoms with Gasteiger partial charge in [0, 0.05) is 19.6 Å². The Hall–Kier alpha value is -1.32. The Morgan fingerprint density at radius 3 is 2.40 bits per heavy atom. The van der Waals surface area contributed by atoms with Crippen molar-refractivity contribution >= 4 is 0 Å². The van der Waals surface area contributed by atoms with Gasteiger partial charge in [-0.1, -0.05) is 63.3 Å². The molecule has 0 radical (unpaired) electrons. The summed E-state index contributed by atoms with van der Waals surface area (Å²) in [5.41, 5.74) is 1.24. The molecular formula is C22H36O3. The van der Waals surface area contributed by atoms with Crippen molar-refractivity contribution in [2.45, 2.75) is 70.8 Å². The zero-order valence-electron chi connectivity index (χ0n) is 16.1. The third kappa shape index (κ3) is 11.0. The van der Waals surface area contributed by atoms with E-state index in [1.165, 1.54) is 44.1 Å². The second kappa shape index (κ2) is 15.0. The minimum absolute atomic E-state index is 0.0695. The Bertz CT molecular complexity index is 439. The van der Waals surface area contributed by atoms with E-state index in [1.54, 1.807) is 7.11 Å². The average molecular weight is 349 g/mol. The molecule has 0 saturated heterocycles. The maximum atomic E-state index is 8.95. The summed E-state index contributed by atoms with van der Waals surface area (Å²) in [6, 6.07) is 8.14. The number of methoxy groups -OCH3 is 1. The smallest absolute Gasteiger partial charge is 0.118 e. The summed E-state index contributed by atoms with van der Waals surface area (Å²) in [5.74, 6) is 0.875. The molecule has 0 spiro atoms. The fourth-order valence-corrected chi connectivity index (χ4v) is 2.77. The van der Waals surface area contributed by atoms with Gasteiger partial charge in [0.25, 0.3) is 0 Å². The van der Waals surface area contributed by atoms with Crippen molar-refractivity contribution in [2.75, 3.05) is 20.3 Å². The number of aliphatic hydroxyl groups is 1. The lowest BCUT2D eigenvalue weighted by molar-refractivity contribution is 0.0732. The predicted molar refractivity (Wildman–Crippen MR) is 105 cm³/mol. The van der Waals surface area contributed by atoms with Crippen LogP contribution in [-0.2, 0) is 11.2 Å². The predicted octanol–water partition coefficient (Wildman–Crippen LogP) is 5.31. The van der Waals surface area contributed by atoms with E-state index in [2.05, 4.69) is 31.2 Å². The molecule has 0 saturated carbocycles. The largest absolute Gasteiger partial charge is 0.497 e. The summed E-state index contributed by atoms with van der Waals surface area (Å²) < 4.78 is 11.1. The number of ether oxygens (including phenoxy) is 2. The summed E-state index contributed by atoms with van der Waals surface area (Å²) in [4.78, 5) is 0. The first-order valence-electron chi connectivity index (χ1n) is 9.82. The zero-order valence-corrected chi connectivity index (χ0v) is 16.1. The Balaban J connectivity index is 2.38. The van der Waals surface area contributed by atoms with Crippen LogP contribution in [-0.4, -0.2) is 31.5 Å². The third-order valence-corrected chi connectivity index (χ3v) is 4.31. The highest BCUT2D eigenvalue weighted by atomic mass is 16.5. The summed E-state index contributed by atoms with van der Waals surface area (Å²) in [7, 11) is 1.68. The molecule has 25 heavy (non-hydrogen) atoms. The topological polar surface area (TPSA) is 38.7 Å². The lowest BCUT2D eigenvalue weighted by Gasteiger charge is -2.14. The molecular weight excluding hydrogens is 312 g/mol. The van der Waals surface area contributed by atoms with E-state index in [1.807, 2.05) is 12.1 Å². The monoisotopic (exact) mass is 348 g/mol. The first-order valence-corrected chi connectivity index (χ1v) is 9.82. The van der Waals surface area contributed by atoms with Crippen molar-refractivity contribution in [3.8, 4) is 5.75 Å². The number of aliphatic hydroxyl groups excluding tert-OH is 1. The number of hydrogen-bond acceptors (Lipinski definition) is 3. The molecule has 3 heteroatoms. The van der Waals surface area contributed by atoms with Gasteiger partial charge in [-0.05, 0) is 37.0 Å². The van der Waals surface area contributed by atoms with Gasteiger partial charge in [0.1, 0.15) is 5.75 Å². The summed E-state index contributed by atoms with van der Waals surface area (Å²) in [6.45, 7) is 3.03. The second-order valence-electron chi connectivity index (χ2n) is 6.52. The van der Waals surface area contributed by atoms with Crippen LogP contribution in [0.15, 0.2) is 36.4 Å². The van der Waals surface area contributed by atoms with Gasteiger partial charge in [-0.15, -0.1) is 0 Å². The fraction of sp³-hybridized carbons (Fsp3) is 0.636. The normalized spacial score (nSPS) is 12.6. The Morgan fingerprint density at radius 2 is 1.72 bits per heavy atom. The van der Waals surface area contributed by atoms with Gasteiger partial charge in [-0.2, -0.15) is 0 Å². The van der Waals surface area contributed by atoms with Gasteiger partial charge < -0.3 is 14.6 Å². The van der Waals surface area contributed by atoms with Gasteiger partial charge >= 0.3 is 0 Å². The van der Waals surface area contributed by atoms with Crippen LogP contribution in [0.5, 0.6) is 5.75 Å². The van der Waals surface area contributed by atoms with Crippen LogP contribution in [0.25, 0.3) is 0 Å². The van der Waals surface area contributed by atoms with Gasteiger partial charge in [-0.3, -0.25) is 0 Å². The van der Waals surface area contributed by atoms with E-state index in [0.29, 0.717) is 13.0 Å². The zero-order chi connectivity index (χ0) is 18.2. The lowest BCUT2D eigenvalue weighted by Crippen LogP contribution is -2.15. The highest BCUT2D eigenvalue weighted by Gasteiger charge is 2.07. The molecule has 0 aromatic heterocycles. The molecule has 1 N–H and O–H groups in total. The molecule has 0 aliphatic carbocycles. The van der Waals surface area contributed by atoms with Crippen molar-refractivity contribution in [2.24, 2.45) is 0 Å². The van der Waals surface area contributed by atoms with E-state index >= 15 is 0 Å². The first kappa shape index (κ1) is 21.7. The van der Waals surface area contributed by atoms with Crippen molar-refractivity contribution < 1.29 is 14.6 Å². The van der Waals surface area contributed by atoms with Gasteiger partial charge in [0.15, 0.2) is 0 Å². The van der Waals surface area contributed by atoms with Gasteiger partial charge in [0.2, 0.25) is 0 Å². The van der Waals surface area contributed by atoms with Crippen molar-refractivity contribution in [1.82, 2.24) is 0 Å². The first-order chi connectivity index (χ1) is 12.3. The van der Waals surface area contributed by atoms with Gasteiger partial charge in [0.05, 0.1) is 13.2 Å². The maximum Gasteiger partial charge on any atom is 0.118 e. The number of rotatable bonds is 15. The second-order valence-corrected chi connectivity index (χ2v) is 6.52.